The third kappa shape index (κ3) is 59.6. The second-order valence-electron chi connectivity index (χ2n) is 23.1. The Labute approximate surface area is 462 Å². The van der Waals surface area contributed by atoms with Crippen molar-refractivity contribution in [1.82, 2.24) is 5.32 Å². The van der Waals surface area contributed by atoms with Crippen molar-refractivity contribution in [3.8, 4) is 0 Å². The van der Waals surface area contributed by atoms with Crippen molar-refractivity contribution in [2.75, 3.05) is 13.2 Å². The van der Waals surface area contributed by atoms with Crippen molar-refractivity contribution >= 4 is 11.9 Å². The lowest BCUT2D eigenvalue weighted by Crippen LogP contribution is -2.45. The molecule has 74 heavy (non-hydrogen) atoms. The average molecular weight is 1040 g/mol. The Bertz CT molecular complexity index is 1150. The number of rotatable bonds is 63. The van der Waals surface area contributed by atoms with E-state index >= 15 is 0 Å². The molecular formula is C68H131NO5. The molecule has 0 heterocycles. The van der Waals surface area contributed by atoms with E-state index in [0.29, 0.717) is 25.9 Å². The fraction of sp³-hybridized carbons (Fsp3) is 0.912. The van der Waals surface area contributed by atoms with Crippen molar-refractivity contribution in [2.45, 2.75) is 386 Å². The van der Waals surface area contributed by atoms with Gasteiger partial charge in [0.1, 0.15) is 0 Å². The number of hydrogen-bond donors (Lipinski definition) is 3. The monoisotopic (exact) mass is 1040 g/mol. The summed E-state index contributed by atoms with van der Waals surface area (Å²) >= 11 is 0. The predicted octanol–water partition coefficient (Wildman–Crippen LogP) is 21.4. The summed E-state index contributed by atoms with van der Waals surface area (Å²) in [6, 6.07) is -0.547. The van der Waals surface area contributed by atoms with E-state index in [9.17, 15) is 19.8 Å². The van der Waals surface area contributed by atoms with Crippen molar-refractivity contribution in [3.63, 3.8) is 0 Å². The van der Waals surface area contributed by atoms with Gasteiger partial charge in [0.2, 0.25) is 5.91 Å². The highest BCUT2D eigenvalue weighted by molar-refractivity contribution is 5.76. The van der Waals surface area contributed by atoms with E-state index < -0.39 is 12.1 Å². The molecule has 0 aliphatic rings. The van der Waals surface area contributed by atoms with Crippen LogP contribution in [0.5, 0.6) is 0 Å². The summed E-state index contributed by atoms with van der Waals surface area (Å²) < 4.78 is 5.46. The van der Waals surface area contributed by atoms with Gasteiger partial charge in [-0.25, -0.2) is 0 Å². The van der Waals surface area contributed by atoms with Gasteiger partial charge in [-0.3, -0.25) is 9.59 Å². The highest BCUT2D eigenvalue weighted by atomic mass is 16.5. The summed E-state index contributed by atoms with van der Waals surface area (Å²) in [7, 11) is 0. The molecule has 0 aromatic carbocycles. The summed E-state index contributed by atoms with van der Waals surface area (Å²) in [5.41, 5.74) is 0. The smallest absolute Gasteiger partial charge is 0.305 e. The Hall–Kier alpha value is -1.66. The van der Waals surface area contributed by atoms with E-state index in [1.54, 1.807) is 0 Å². The first kappa shape index (κ1) is 72.3. The van der Waals surface area contributed by atoms with Gasteiger partial charge in [-0.1, -0.05) is 314 Å². The summed E-state index contributed by atoms with van der Waals surface area (Å²) in [6.45, 7) is 4.94. The maximum Gasteiger partial charge on any atom is 0.305 e. The van der Waals surface area contributed by atoms with E-state index in [0.717, 1.165) is 44.9 Å². The Balaban J connectivity index is 3.42. The Morgan fingerprint density at radius 3 is 1.00 bits per heavy atom. The highest BCUT2D eigenvalue weighted by Gasteiger charge is 2.20. The van der Waals surface area contributed by atoms with Crippen molar-refractivity contribution in [3.05, 3.63) is 24.3 Å². The molecule has 0 aromatic heterocycles. The van der Waals surface area contributed by atoms with Gasteiger partial charge in [0.15, 0.2) is 0 Å². The lowest BCUT2D eigenvalue weighted by atomic mass is 10.0. The molecule has 1 amide bonds. The van der Waals surface area contributed by atoms with Gasteiger partial charge in [0, 0.05) is 12.8 Å². The van der Waals surface area contributed by atoms with Crippen molar-refractivity contribution in [1.29, 1.82) is 0 Å². The van der Waals surface area contributed by atoms with Crippen molar-refractivity contribution < 1.29 is 24.5 Å². The molecular weight excluding hydrogens is 911 g/mol. The fourth-order valence-corrected chi connectivity index (χ4v) is 10.6. The number of aliphatic hydroxyl groups excluding tert-OH is 2. The number of amides is 1. The topological polar surface area (TPSA) is 95.9 Å². The van der Waals surface area contributed by atoms with Gasteiger partial charge in [-0.2, -0.15) is 0 Å². The van der Waals surface area contributed by atoms with Crippen LogP contribution in [0, 0.1) is 0 Å². The molecule has 0 aromatic rings. The summed E-state index contributed by atoms with van der Waals surface area (Å²) in [5, 5.41) is 23.4. The van der Waals surface area contributed by atoms with Crippen LogP contribution >= 0.6 is 0 Å². The van der Waals surface area contributed by atoms with E-state index in [1.807, 2.05) is 0 Å². The molecule has 0 spiro atoms. The lowest BCUT2D eigenvalue weighted by Gasteiger charge is -2.22. The number of esters is 1. The molecule has 2 unspecified atom stereocenters. The molecule has 0 bridgehead atoms. The quantitative estimate of drug-likeness (QED) is 0.0320. The van der Waals surface area contributed by atoms with E-state index in [-0.39, 0.29) is 18.5 Å². The minimum Gasteiger partial charge on any atom is -0.466 e. The molecule has 0 radical (unpaired) electrons. The first-order valence-corrected chi connectivity index (χ1v) is 33.6. The molecule has 0 saturated carbocycles. The Morgan fingerprint density at radius 1 is 0.365 bits per heavy atom. The van der Waals surface area contributed by atoms with Gasteiger partial charge in [-0.15, -0.1) is 0 Å². The maximum atomic E-state index is 12.5. The van der Waals surface area contributed by atoms with E-state index in [4.69, 9.17) is 4.74 Å². The largest absolute Gasteiger partial charge is 0.466 e. The van der Waals surface area contributed by atoms with Crippen LogP contribution in [0.25, 0.3) is 0 Å². The maximum absolute atomic E-state index is 12.5. The summed E-state index contributed by atoms with van der Waals surface area (Å²) in [4.78, 5) is 24.5. The second-order valence-corrected chi connectivity index (χ2v) is 23.1. The van der Waals surface area contributed by atoms with Crippen LogP contribution in [-0.4, -0.2) is 47.4 Å². The molecule has 6 heteroatoms. The SMILES string of the molecule is CCCC/C=C\CCCCCCCC(=O)OCCCCCCCCCCCCCC/C=C\CCCCCCCCCC(=O)NC(CO)C(O)CCCCCCCCCCCCCCCCCCCCCCCCC. The fourth-order valence-electron chi connectivity index (χ4n) is 10.6. The zero-order chi connectivity index (χ0) is 53.6. The molecule has 0 aliphatic carbocycles. The highest BCUT2D eigenvalue weighted by Crippen LogP contribution is 2.18. The second kappa shape index (κ2) is 63.9. The minimum atomic E-state index is -0.669. The number of unbranched alkanes of at least 4 members (excludes halogenated alkanes) is 48. The number of aliphatic hydroxyl groups is 2. The zero-order valence-corrected chi connectivity index (χ0v) is 50.1. The number of nitrogens with one attached hydrogen (secondary N) is 1. The number of carbonyl (C=O) groups excluding carboxylic acids is 2. The van der Waals surface area contributed by atoms with Crippen LogP contribution in [0.15, 0.2) is 24.3 Å². The number of carbonyl (C=O) groups is 2. The van der Waals surface area contributed by atoms with Gasteiger partial charge in [0.25, 0.3) is 0 Å². The number of hydrogen-bond acceptors (Lipinski definition) is 5. The Kier molecular flexibility index (Phi) is 62.4. The summed E-state index contributed by atoms with van der Waals surface area (Å²) in [6.07, 6.45) is 79.2. The molecule has 6 nitrogen and oxygen atoms in total. The number of ether oxygens (including phenoxy) is 1. The molecule has 0 fully saturated rings. The third-order valence-corrected chi connectivity index (χ3v) is 15.7. The van der Waals surface area contributed by atoms with Crippen LogP contribution in [0.3, 0.4) is 0 Å². The first-order chi connectivity index (χ1) is 36.5. The summed E-state index contributed by atoms with van der Waals surface area (Å²) in [5.74, 6) is -0.0362. The minimum absolute atomic E-state index is 0.00104. The van der Waals surface area contributed by atoms with Gasteiger partial charge in [-0.05, 0) is 70.6 Å². The predicted molar refractivity (Wildman–Crippen MR) is 324 cm³/mol. The number of allylic oxidation sites excluding steroid dienone is 4. The molecule has 0 saturated heterocycles. The van der Waals surface area contributed by atoms with Gasteiger partial charge in [0.05, 0.1) is 25.4 Å². The van der Waals surface area contributed by atoms with Crippen LogP contribution < -0.4 is 5.32 Å². The van der Waals surface area contributed by atoms with Crippen molar-refractivity contribution in [2.24, 2.45) is 0 Å². The van der Waals surface area contributed by atoms with Crippen LogP contribution in [0.2, 0.25) is 0 Å². The van der Waals surface area contributed by atoms with E-state index in [2.05, 4.69) is 43.5 Å². The molecule has 2 atom stereocenters. The molecule has 0 aliphatic heterocycles. The van der Waals surface area contributed by atoms with Crippen LogP contribution in [-0.2, 0) is 14.3 Å². The normalized spacial score (nSPS) is 12.6. The molecule has 0 rings (SSSR count). The first-order valence-electron chi connectivity index (χ1n) is 33.6. The van der Waals surface area contributed by atoms with E-state index in [1.165, 1.54) is 295 Å². The lowest BCUT2D eigenvalue weighted by molar-refractivity contribution is -0.143. The third-order valence-electron chi connectivity index (χ3n) is 15.7. The van der Waals surface area contributed by atoms with Gasteiger partial charge < -0.3 is 20.3 Å². The molecule has 3 N–H and O–H groups in total. The standard InChI is InChI=1S/C68H131NO5/c1-3-5-7-9-11-13-15-16-17-18-19-20-22-25-28-31-34-37-41-44-48-52-56-60-66(71)65(64-70)69-67(72)61-57-53-49-45-42-38-35-32-29-26-23-21-24-27-30-33-36-39-43-47-51-55-59-63-74-68(73)62-58-54-50-46-40-14-12-10-8-6-4-2/h10,12,26,29,65-66,70-71H,3-9,11,13-25,27-28,30-64H2,1-2H3,(H,69,72)/b12-10-,29-26-. The van der Waals surface area contributed by atoms with Crippen LogP contribution in [0.4, 0.5) is 0 Å². The van der Waals surface area contributed by atoms with Crippen LogP contribution in [0.1, 0.15) is 373 Å². The van der Waals surface area contributed by atoms with Gasteiger partial charge >= 0.3 is 5.97 Å². The average Bonchev–Trinajstić information content (AvgIpc) is 3.40. The molecule has 438 valence electrons. The Morgan fingerprint density at radius 2 is 0.649 bits per heavy atom. The zero-order valence-electron chi connectivity index (χ0n) is 50.1.